The average Bonchev–Trinajstić information content (AvgIpc) is 3.18. The van der Waals surface area contributed by atoms with Crippen molar-refractivity contribution in [3.63, 3.8) is 0 Å². The molecule has 0 spiro atoms. The Hall–Kier alpha value is -3.98. The molecule has 9 heteroatoms. The average molecular weight is 523 g/mol. The van der Waals surface area contributed by atoms with Crippen LogP contribution in [0, 0.1) is 17.0 Å². The summed E-state index contributed by atoms with van der Waals surface area (Å²) in [6.07, 6.45) is 1.56. The molecule has 0 bridgehead atoms. The smallest absolute Gasteiger partial charge is 0.363 e. The lowest BCUT2D eigenvalue weighted by atomic mass is 10.1. The molecule has 1 aliphatic rings. The molecule has 0 saturated heterocycles. The third kappa shape index (κ3) is 4.99. The molecule has 0 aromatic heterocycles. The van der Waals surface area contributed by atoms with Crippen molar-refractivity contribution < 1.29 is 23.9 Å². The van der Waals surface area contributed by atoms with Gasteiger partial charge in [0.15, 0.2) is 17.2 Å². The highest BCUT2D eigenvalue weighted by Crippen LogP contribution is 2.31. The van der Waals surface area contributed by atoms with Crippen molar-refractivity contribution in [1.82, 2.24) is 0 Å². The molecule has 8 nitrogen and oxygen atoms in total. The second-order valence-corrected chi connectivity index (χ2v) is 8.28. The number of rotatable bonds is 7. The largest absolute Gasteiger partial charge is 0.493 e. The van der Waals surface area contributed by atoms with Gasteiger partial charge in [-0.3, -0.25) is 10.1 Å². The van der Waals surface area contributed by atoms with Crippen LogP contribution in [0.1, 0.15) is 22.3 Å². The van der Waals surface area contributed by atoms with Gasteiger partial charge in [-0.25, -0.2) is 9.79 Å². The summed E-state index contributed by atoms with van der Waals surface area (Å²) in [5.41, 5.74) is 2.42. The molecular formula is C25H19BrN2O6. The van der Waals surface area contributed by atoms with Gasteiger partial charge in [0.25, 0.3) is 5.69 Å². The fourth-order valence-corrected chi connectivity index (χ4v) is 3.63. The van der Waals surface area contributed by atoms with E-state index in [1.807, 2.05) is 24.3 Å². The normalized spacial score (nSPS) is 14.0. The number of methoxy groups -OCH3 is 1. The van der Waals surface area contributed by atoms with Crippen LogP contribution in [0.3, 0.4) is 0 Å². The van der Waals surface area contributed by atoms with Gasteiger partial charge < -0.3 is 14.2 Å². The lowest BCUT2D eigenvalue weighted by Crippen LogP contribution is -2.08. The molecule has 4 rings (SSSR count). The SMILES string of the molecule is COc1cc(/C=C2\N=C(c3cccc([N+](=O)[O-])c3C)OC2=O)ccc1OCc1ccc(Br)cc1. The summed E-state index contributed by atoms with van der Waals surface area (Å²) >= 11 is 3.41. The first-order chi connectivity index (χ1) is 16.4. The van der Waals surface area contributed by atoms with E-state index in [4.69, 9.17) is 14.2 Å². The van der Waals surface area contributed by atoms with Crippen LogP contribution in [0.4, 0.5) is 5.69 Å². The molecule has 172 valence electrons. The predicted octanol–water partition coefficient (Wildman–Crippen LogP) is 5.60. The summed E-state index contributed by atoms with van der Waals surface area (Å²) in [5, 5.41) is 11.2. The zero-order valence-electron chi connectivity index (χ0n) is 18.3. The molecule has 1 heterocycles. The zero-order valence-corrected chi connectivity index (χ0v) is 19.9. The number of benzene rings is 3. The Morgan fingerprint density at radius 2 is 1.88 bits per heavy atom. The lowest BCUT2D eigenvalue weighted by molar-refractivity contribution is -0.385. The van der Waals surface area contributed by atoms with Crippen LogP contribution in [-0.2, 0) is 16.1 Å². The highest BCUT2D eigenvalue weighted by molar-refractivity contribution is 9.10. The second kappa shape index (κ2) is 9.88. The minimum Gasteiger partial charge on any atom is -0.493 e. The van der Waals surface area contributed by atoms with E-state index in [1.54, 1.807) is 37.3 Å². The van der Waals surface area contributed by atoms with Crippen LogP contribution >= 0.6 is 15.9 Å². The van der Waals surface area contributed by atoms with Crippen LogP contribution < -0.4 is 9.47 Å². The number of cyclic esters (lactones) is 1. The van der Waals surface area contributed by atoms with Gasteiger partial charge in [0.2, 0.25) is 5.90 Å². The quantitative estimate of drug-likeness (QED) is 0.173. The Kier molecular flexibility index (Phi) is 6.74. The highest BCUT2D eigenvalue weighted by atomic mass is 79.9. The summed E-state index contributed by atoms with van der Waals surface area (Å²) < 4.78 is 17.6. The fraction of sp³-hybridized carbons (Fsp3) is 0.120. The summed E-state index contributed by atoms with van der Waals surface area (Å²) in [7, 11) is 1.53. The molecule has 0 unspecified atom stereocenters. The number of hydrogen-bond acceptors (Lipinski definition) is 7. The van der Waals surface area contributed by atoms with Crippen molar-refractivity contribution in [3.05, 3.63) is 103 Å². The summed E-state index contributed by atoms with van der Waals surface area (Å²) in [4.78, 5) is 27.4. The van der Waals surface area contributed by atoms with Crippen molar-refractivity contribution in [1.29, 1.82) is 0 Å². The van der Waals surface area contributed by atoms with Crippen LogP contribution in [0.15, 0.2) is 75.8 Å². The van der Waals surface area contributed by atoms with E-state index in [0.29, 0.717) is 34.8 Å². The minimum absolute atomic E-state index is 0.0267. The van der Waals surface area contributed by atoms with E-state index in [0.717, 1.165) is 10.0 Å². The molecular weight excluding hydrogens is 504 g/mol. The standard InChI is InChI=1S/C25H19BrN2O6/c1-15-19(4-3-5-21(15)28(30)31)24-27-20(25(29)34-24)12-17-8-11-22(23(13-17)32-2)33-14-16-6-9-18(26)10-7-16/h3-13H,14H2,1-2H3/b20-12-. The molecule has 1 aliphatic heterocycles. The summed E-state index contributed by atoms with van der Waals surface area (Å²) in [6.45, 7) is 1.95. The Morgan fingerprint density at radius 3 is 2.59 bits per heavy atom. The van der Waals surface area contributed by atoms with E-state index in [-0.39, 0.29) is 17.3 Å². The first kappa shape index (κ1) is 23.2. The molecule has 0 saturated carbocycles. The van der Waals surface area contributed by atoms with Crippen LogP contribution in [0.2, 0.25) is 0 Å². The first-order valence-corrected chi connectivity index (χ1v) is 11.0. The van der Waals surface area contributed by atoms with Gasteiger partial charge in [-0.1, -0.05) is 40.2 Å². The second-order valence-electron chi connectivity index (χ2n) is 7.37. The number of nitrogens with zero attached hydrogens (tertiary/aromatic N) is 2. The molecule has 0 atom stereocenters. The highest BCUT2D eigenvalue weighted by Gasteiger charge is 2.27. The van der Waals surface area contributed by atoms with Gasteiger partial charge in [0, 0.05) is 21.7 Å². The van der Waals surface area contributed by atoms with Gasteiger partial charge in [-0.2, -0.15) is 0 Å². The van der Waals surface area contributed by atoms with Crippen molar-refractivity contribution in [3.8, 4) is 11.5 Å². The van der Waals surface area contributed by atoms with E-state index in [1.165, 1.54) is 19.2 Å². The molecule has 0 aliphatic carbocycles. The Bertz CT molecular complexity index is 1330. The maximum Gasteiger partial charge on any atom is 0.363 e. The molecule has 3 aromatic carbocycles. The van der Waals surface area contributed by atoms with Crippen LogP contribution in [-0.4, -0.2) is 23.9 Å². The maximum absolute atomic E-state index is 12.4. The van der Waals surface area contributed by atoms with E-state index >= 15 is 0 Å². The Morgan fingerprint density at radius 1 is 1.12 bits per heavy atom. The number of esters is 1. The topological polar surface area (TPSA) is 100 Å². The van der Waals surface area contributed by atoms with E-state index in [9.17, 15) is 14.9 Å². The van der Waals surface area contributed by atoms with Crippen molar-refractivity contribution >= 4 is 39.6 Å². The van der Waals surface area contributed by atoms with Crippen molar-refractivity contribution in [2.24, 2.45) is 4.99 Å². The predicted molar refractivity (Wildman–Crippen MR) is 130 cm³/mol. The third-order valence-electron chi connectivity index (χ3n) is 5.15. The molecule has 34 heavy (non-hydrogen) atoms. The Balaban J connectivity index is 1.57. The molecule has 0 amide bonds. The van der Waals surface area contributed by atoms with Gasteiger partial charge in [-0.05, 0) is 54.5 Å². The van der Waals surface area contributed by atoms with Crippen molar-refractivity contribution in [2.75, 3.05) is 7.11 Å². The van der Waals surface area contributed by atoms with Gasteiger partial charge in [-0.15, -0.1) is 0 Å². The minimum atomic E-state index is -0.643. The number of aliphatic imine (C=N–C) groups is 1. The number of ether oxygens (including phenoxy) is 3. The number of carbonyl (C=O) groups is 1. The summed E-state index contributed by atoms with van der Waals surface area (Å²) in [5.74, 6) is 0.434. The van der Waals surface area contributed by atoms with Gasteiger partial charge in [0.1, 0.15) is 6.61 Å². The number of halogens is 1. The molecule has 0 radical (unpaired) electrons. The number of hydrogen-bond donors (Lipinski definition) is 0. The number of nitro benzene ring substituents is 1. The van der Waals surface area contributed by atoms with E-state index in [2.05, 4.69) is 20.9 Å². The van der Waals surface area contributed by atoms with E-state index < -0.39 is 10.9 Å². The zero-order chi connectivity index (χ0) is 24.2. The first-order valence-electron chi connectivity index (χ1n) is 10.2. The monoisotopic (exact) mass is 522 g/mol. The maximum atomic E-state index is 12.4. The van der Waals surface area contributed by atoms with Crippen LogP contribution in [0.25, 0.3) is 6.08 Å². The molecule has 0 N–H and O–H groups in total. The van der Waals surface area contributed by atoms with Crippen LogP contribution in [0.5, 0.6) is 11.5 Å². The van der Waals surface area contributed by atoms with Gasteiger partial charge >= 0.3 is 5.97 Å². The van der Waals surface area contributed by atoms with Crippen molar-refractivity contribution in [2.45, 2.75) is 13.5 Å². The molecule has 0 fully saturated rings. The fourth-order valence-electron chi connectivity index (χ4n) is 3.37. The number of carbonyl (C=O) groups excluding carboxylic acids is 1. The Labute approximate surface area is 203 Å². The third-order valence-corrected chi connectivity index (χ3v) is 5.68. The molecule has 3 aromatic rings. The number of nitro groups is 1. The van der Waals surface area contributed by atoms with Gasteiger partial charge in [0.05, 0.1) is 12.0 Å². The lowest BCUT2D eigenvalue weighted by Gasteiger charge is -2.11. The summed E-state index contributed by atoms with van der Waals surface area (Å²) in [6, 6.07) is 17.6.